The normalized spacial score (nSPS) is 11.0. The maximum Gasteiger partial charge on any atom is 0.263 e. The fraction of sp³-hybridized carbons (Fsp3) is 0.125. The molecule has 4 rings (SSSR count). The van der Waals surface area contributed by atoms with E-state index in [0.717, 1.165) is 16.7 Å². The molecular weight excluding hydrogens is 412 g/mol. The number of aromatic nitrogens is 2. The van der Waals surface area contributed by atoms with Crippen LogP contribution in [-0.4, -0.2) is 21.1 Å². The lowest BCUT2D eigenvalue weighted by atomic mass is 10.1. The van der Waals surface area contributed by atoms with Crippen LogP contribution in [-0.2, 0) is 6.54 Å². The number of ketones is 1. The number of aryl methyl sites for hydroxylation is 1. The monoisotopic (exact) mass is 432 g/mol. The zero-order valence-corrected chi connectivity index (χ0v) is 18.1. The number of benzene rings is 2. The quantitative estimate of drug-likeness (QED) is 0.165. The Labute approximate surface area is 182 Å². The Morgan fingerprint density at radius 1 is 1.17 bits per heavy atom. The molecule has 0 aliphatic carbocycles. The van der Waals surface area contributed by atoms with Crippen molar-refractivity contribution in [2.45, 2.75) is 18.6 Å². The van der Waals surface area contributed by atoms with E-state index < -0.39 is 0 Å². The standard InChI is InChI=1S/C24H20N2O2S2/c1-3-13-26-23(28)21-19(17-7-5-4-6-8-17)14-29-22(21)25-24(26)30-15-20(27)18-11-9-16(2)10-12-18/h3-12,14H,1,13,15H2,2H3. The summed E-state index contributed by atoms with van der Waals surface area (Å²) in [4.78, 5) is 31.3. The van der Waals surface area contributed by atoms with E-state index in [1.807, 2.05) is 66.9 Å². The third kappa shape index (κ3) is 4.01. The van der Waals surface area contributed by atoms with Gasteiger partial charge >= 0.3 is 0 Å². The lowest BCUT2D eigenvalue weighted by Gasteiger charge is -2.10. The first-order chi connectivity index (χ1) is 14.6. The highest BCUT2D eigenvalue weighted by molar-refractivity contribution is 7.99. The van der Waals surface area contributed by atoms with Crippen molar-refractivity contribution in [1.29, 1.82) is 0 Å². The van der Waals surface area contributed by atoms with E-state index in [1.54, 1.807) is 10.6 Å². The van der Waals surface area contributed by atoms with Crippen molar-refractivity contribution in [1.82, 2.24) is 9.55 Å². The van der Waals surface area contributed by atoms with E-state index in [-0.39, 0.29) is 17.1 Å². The minimum Gasteiger partial charge on any atom is -0.293 e. The zero-order valence-electron chi connectivity index (χ0n) is 16.5. The van der Waals surface area contributed by atoms with E-state index >= 15 is 0 Å². The summed E-state index contributed by atoms with van der Waals surface area (Å²) in [7, 11) is 0. The van der Waals surface area contributed by atoms with Crippen LogP contribution < -0.4 is 5.56 Å². The molecule has 0 atom stereocenters. The van der Waals surface area contributed by atoms with E-state index in [4.69, 9.17) is 4.98 Å². The van der Waals surface area contributed by atoms with Gasteiger partial charge in [0, 0.05) is 23.1 Å². The van der Waals surface area contributed by atoms with Gasteiger partial charge in [0.25, 0.3) is 5.56 Å². The van der Waals surface area contributed by atoms with Gasteiger partial charge in [-0.25, -0.2) is 4.98 Å². The van der Waals surface area contributed by atoms with Crippen LogP contribution in [0.4, 0.5) is 0 Å². The molecule has 0 saturated carbocycles. The highest BCUT2D eigenvalue weighted by Gasteiger charge is 2.18. The van der Waals surface area contributed by atoms with Crippen LogP contribution in [0.15, 0.2) is 82.6 Å². The molecule has 0 bridgehead atoms. The molecule has 4 aromatic rings. The van der Waals surface area contributed by atoms with Gasteiger partial charge in [-0.1, -0.05) is 78.0 Å². The van der Waals surface area contributed by atoms with Gasteiger partial charge < -0.3 is 0 Å². The van der Waals surface area contributed by atoms with E-state index in [2.05, 4.69) is 6.58 Å². The van der Waals surface area contributed by atoms with E-state index in [0.29, 0.717) is 27.5 Å². The predicted molar refractivity (Wildman–Crippen MR) is 126 cm³/mol. The van der Waals surface area contributed by atoms with Crippen LogP contribution in [0.25, 0.3) is 21.3 Å². The maximum absolute atomic E-state index is 13.3. The van der Waals surface area contributed by atoms with Crippen LogP contribution in [0.5, 0.6) is 0 Å². The largest absolute Gasteiger partial charge is 0.293 e. The SMILES string of the molecule is C=CCn1c(SCC(=O)c2ccc(C)cc2)nc2scc(-c3ccccc3)c2c1=O. The summed E-state index contributed by atoms with van der Waals surface area (Å²) in [6, 6.07) is 17.3. The molecule has 30 heavy (non-hydrogen) atoms. The molecule has 0 aliphatic heterocycles. The number of allylic oxidation sites excluding steroid dienone is 1. The van der Waals surface area contributed by atoms with Crippen molar-refractivity contribution < 1.29 is 4.79 Å². The smallest absolute Gasteiger partial charge is 0.263 e. The van der Waals surface area contributed by atoms with Gasteiger partial charge in [-0.2, -0.15) is 0 Å². The Morgan fingerprint density at radius 2 is 1.90 bits per heavy atom. The number of carbonyl (C=O) groups excluding carboxylic acids is 1. The topological polar surface area (TPSA) is 52.0 Å². The number of carbonyl (C=O) groups is 1. The summed E-state index contributed by atoms with van der Waals surface area (Å²) in [5.74, 6) is 0.227. The summed E-state index contributed by atoms with van der Waals surface area (Å²) in [5, 5.41) is 3.12. The van der Waals surface area contributed by atoms with Crippen molar-refractivity contribution in [3.05, 3.63) is 94.1 Å². The Balaban J connectivity index is 1.70. The number of thioether (sulfide) groups is 1. The van der Waals surface area contributed by atoms with Crippen LogP contribution in [0.1, 0.15) is 15.9 Å². The van der Waals surface area contributed by atoms with Crippen LogP contribution in [0.2, 0.25) is 0 Å². The number of Topliss-reactive ketones (excluding diaryl/α,β-unsaturated/α-hetero) is 1. The van der Waals surface area contributed by atoms with Crippen molar-refractivity contribution >= 4 is 39.1 Å². The van der Waals surface area contributed by atoms with Gasteiger partial charge in [-0.15, -0.1) is 17.9 Å². The van der Waals surface area contributed by atoms with Gasteiger partial charge in [-0.3, -0.25) is 14.2 Å². The third-order valence-electron chi connectivity index (χ3n) is 4.76. The van der Waals surface area contributed by atoms with Gasteiger partial charge in [0.2, 0.25) is 0 Å². The number of thiophene rings is 1. The Kier molecular flexibility index (Phi) is 5.97. The van der Waals surface area contributed by atoms with Crippen LogP contribution in [0.3, 0.4) is 0 Å². The average Bonchev–Trinajstić information content (AvgIpc) is 3.19. The van der Waals surface area contributed by atoms with E-state index in [1.165, 1.54) is 23.1 Å². The average molecular weight is 433 g/mol. The fourth-order valence-electron chi connectivity index (χ4n) is 3.19. The van der Waals surface area contributed by atoms with Gasteiger partial charge in [-0.05, 0) is 12.5 Å². The molecular formula is C24H20N2O2S2. The van der Waals surface area contributed by atoms with Gasteiger partial charge in [0.15, 0.2) is 10.9 Å². The molecule has 2 aromatic heterocycles. The Hall–Kier alpha value is -2.96. The van der Waals surface area contributed by atoms with Crippen molar-refractivity contribution in [2.24, 2.45) is 0 Å². The molecule has 0 aliphatic rings. The number of rotatable bonds is 7. The first-order valence-corrected chi connectivity index (χ1v) is 11.4. The number of fused-ring (bicyclic) bond motifs is 1. The molecule has 0 N–H and O–H groups in total. The molecule has 2 aromatic carbocycles. The molecule has 150 valence electrons. The minimum atomic E-state index is -0.106. The molecule has 0 amide bonds. The first kappa shape index (κ1) is 20.3. The van der Waals surface area contributed by atoms with Crippen molar-refractivity contribution in [3.8, 4) is 11.1 Å². The summed E-state index contributed by atoms with van der Waals surface area (Å²) in [6.45, 7) is 6.10. The van der Waals surface area contributed by atoms with Crippen molar-refractivity contribution in [2.75, 3.05) is 5.75 Å². The second kappa shape index (κ2) is 8.81. The number of nitrogens with zero attached hydrogens (tertiary/aromatic N) is 2. The molecule has 4 nitrogen and oxygen atoms in total. The second-order valence-corrected chi connectivity index (χ2v) is 8.67. The van der Waals surface area contributed by atoms with E-state index in [9.17, 15) is 9.59 Å². The van der Waals surface area contributed by atoms with Crippen molar-refractivity contribution in [3.63, 3.8) is 0 Å². The molecule has 2 heterocycles. The lowest BCUT2D eigenvalue weighted by Crippen LogP contribution is -2.23. The Bertz CT molecular complexity index is 1270. The molecule has 6 heteroatoms. The highest BCUT2D eigenvalue weighted by Crippen LogP contribution is 2.32. The molecule has 0 fully saturated rings. The molecule has 0 saturated heterocycles. The summed E-state index contributed by atoms with van der Waals surface area (Å²) < 4.78 is 1.60. The molecule has 0 unspecified atom stereocenters. The second-order valence-electron chi connectivity index (χ2n) is 6.87. The predicted octanol–water partition coefficient (Wildman–Crippen LogP) is 5.59. The fourth-order valence-corrected chi connectivity index (χ4v) is 5.08. The summed E-state index contributed by atoms with van der Waals surface area (Å²) in [5.41, 5.74) is 3.54. The molecule has 0 spiro atoms. The third-order valence-corrected chi connectivity index (χ3v) is 6.61. The van der Waals surface area contributed by atoms with Gasteiger partial charge in [0.05, 0.1) is 11.1 Å². The van der Waals surface area contributed by atoms with Crippen LogP contribution >= 0.6 is 23.1 Å². The summed E-state index contributed by atoms with van der Waals surface area (Å²) >= 11 is 2.74. The Morgan fingerprint density at radius 3 is 2.60 bits per heavy atom. The minimum absolute atomic E-state index is 0.00986. The van der Waals surface area contributed by atoms with Crippen LogP contribution in [0, 0.1) is 6.92 Å². The number of hydrogen-bond acceptors (Lipinski definition) is 5. The zero-order chi connectivity index (χ0) is 21.1. The first-order valence-electron chi connectivity index (χ1n) is 9.49. The number of hydrogen-bond donors (Lipinski definition) is 0. The highest BCUT2D eigenvalue weighted by atomic mass is 32.2. The lowest BCUT2D eigenvalue weighted by molar-refractivity contribution is 0.102. The summed E-state index contributed by atoms with van der Waals surface area (Å²) in [6.07, 6.45) is 1.68. The molecule has 0 radical (unpaired) electrons. The van der Waals surface area contributed by atoms with Gasteiger partial charge in [0.1, 0.15) is 4.83 Å². The maximum atomic E-state index is 13.3.